The van der Waals surface area contributed by atoms with E-state index in [1.807, 2.05) is 36.1 Å². The molecule has 0 fully saturated rings. The van der Waals surface area contributed by atoms with Crippen LogP contribution in [-0.2, 0) is 14.6 Å². The highest BCUT2D eigenvalue weighted by Gasteiger charge is 2.13. The summed E-state index contributed by atoms with van der Waals surface area (Å²) < 4.78 is 22.5. The maximum atomic E-state index is 11.2. The molecule has 0 bridgehead atoms. The Balaban J connectivity index is 2.85. The number of carboxylic acid groups (broad SMARTS) is 1. The predicted molar refractivity (Wildman–Crippen MR) is 75.4 cm³/mol. The van der Waals surface area contributed by atoms with Crippen LogP contribution < -0.4 is 4.90 Å². The van der Waals surface area contributed by atoms with Gasteiger partial charge in [0.1, 0.15) is 9.84 Å². The van der Waals surface area contributed by atoms with Crippen molar-refractivity contribution in [2.45, 2.75) is 13.3 Å². The van der Waals surface area contributed by atoms with Gasteiger partial charge in [-0.1, -0.05) is 18.2 Å². The van der Waals surface area contributed by atoms with Gasteiger partial charge < -0.3 is 10.0 Å². The maximum Gasteiger partial charge on any atom is 0.305 e. The van der Waals surface area contributed by atoms with Crippen LogP contribution in [0, 0.1) is 6.92 Å². The molecule has 1 rings (SSSR count). The van der Waals surface area contributed by atoms with Crippen molar-refractivity contribution in [3.8, 4) is 0 Å². The fourth-order valence-electron chi connectivity index (χ4n) is 1.78. The first-order valence-electron chi connectivity index (χ1n) is 5.99. The number of aliphatic carboxylic acids is 1. The van der Waals surface area contributed by atoms with Crippen LogP contribution in [0.4, 0.5) is 5.69 Å². The second-order valence-corrected chi connectivity index (χ2v) is 6.81. The normalized spacial score (nSPS) is 11.3. The van der Waals surface area contributed by atoms with E-state index in [1.54, 1.807) is 0 Å². The summed E-state index contributed by atoms with van der Waals surface area (Å²) in [6.45, 7) is 2.52. The fraction of sp³-hybridized carbons (Fsp3) is 0.462. The maximum absolute atomic E-state index is 11.2. The Bertz CT molecular complexity index is 539. The van der Waals surface area contributed by atoms with E-state index in [0.29, 0.717) is 13.1 Å². The lowest BCUT2D eigenvalue weighted by molar-refractivity contribution is -0.136. The zero-order valence-corrected chi connectivity index (χ0v) is 12.0. The fourth-order valence-corrected chi connectivity index (χ4v) is 2.33. The number of carbonyl (C=O) groups is 1. The summed E-state index contributed by atoms with van der Waals surface area (Å²) in [7, 11) is -3.07. The van der Waals surface area contributed by atoms with E-state index in [2.05, 4.69) is 0 Å². The zero-order valence-electron chi connectivity index (χ0n) is 11.2. The Hall–Kier alpha value is -1.56. The Morgan fingerprint density at radius 1 is 1.26 bits per heavy atom. The lowest BCUT2D eigenvalue weighted by Crippen LogP contribution is -2.31. The van der Waals surface area contributed by atoms with Crippen LogP contribution in [0.25, 0.3) is 0 Å². The van der Waals surface area contributed by atoms with Crippen molar-refractivity contribution in [1.82, 2.24) is 0 Å². The van der Waals surface area contributed by atoms with E-state index in [1.165, 1.54) is 6.26 Å². The lowest BCUT2D eigenvalue weighted by atomic mass is 10.1. The highest BCUT2D eigenvalue weighted by Crippen LogP contribution is 2.19. The Morgan fingerprint density at radius 2 is 1.89 bits per heavy atom. The van der Waals surface area contributed by atoms with Crippen LogP contribution >= 0.6 is 0 Å². The van der Waals surface area contributed by atoms with Gasteiger partial charge in [-0.2, -0.15) is 0 Å². The lowest BCUT2D eigenvalue weighted by Gasteiger charge is -2.25. The third-order valence-electron chi connectivity index (χ3n) is 2.78. The summed E-state index contributed by atoms with van der Waals surface area (Å²) in [6.07, 6.45) is 1.17. The van der Waals surface area contributed by atoms with Crippen molar-refractivity contribution in [3.05, 3.63) is 29.8 Å². The van der Waals surface area contributed by atoms with Crippen LogP contribution in [0.3, 0.4) is 0 Å². The Morgan fingerprint density at radius 3 is 2.42 bits per heavy atom. The molecule has 0 heterocycles. The first-order valence-corrected chi connectivity index (χ1v) is 8.06. The second-order valence-electron chi connectivity index (χ2n) is 4.55. The molecular weight excluding hydrogens is 266 g/mol. The first kappa shape index (κ1) is 15.5. The average Bonchev–Trinajstić information content (AvgIpc) is 2.29. The minimum Gasteiger partial charge on any atom is -0.481 e. The van der Waals surface area contributed by atoms with Gasteiger partial charge in [0.2, 0.25) is 0 Å². The molecule has 0 saturated carbocycles. The predicted octanol–water partition coefficient (Wildman–Crippen LogP) is 1.32. The molecule has 0 aliphatic rings. The van der Waals surface area contributed by atoms with Gasteiger partial charge in [-0.25, -0.2) is 8.42 Å². The Kier molecular flexibility index (Phi) is 5.35. The minimum atomic E-state index is -3.07. The summed E-state index contributed by atoms with van der Waals surface area (Å²) in [4.78, 5) is 12.5. The smallest absolute Gasteiger partial charge is 0.305 e. The second kappa shape index (κ2) is 6.56. The molecule has 1 aromatic rings. The third-order valence-corrected chi connectivity index (χ3v) is 3.71. The van der Waals surface area contributed by atoms with E-state index in [9.17, 15) is 13.2 Å². The van der Waals surface area contributed by atoms with Crippen LogP contribution in [0.1, 0.15) is 12.0 Å². The van der Waals surface area contributed by atoms with Crippen LogP contribution in [0.15, 0.2) is 24.3 Å². The average molecular weight is 285 g/mol. The number of anilines is 1. The van der Waals surface area contributed by atoms with Gasteiger partial charge >= 0.3 is 5.97 Å². The zero-order chi connectivity index (χ0) is 14.5. The van der Waals surface area contributed by atoms with Gasteiger partial charge in [-0.15, -0.1) is 0 Å². The molecule has 106 valence electrons. The van der Waals surface area contributed by atoms with E-state index < -0.39 is 15.8 Å². The molecule has 0 atom stereocenters. The van der Waals surface area contributed by atoms with Gasteiger partial charge in [0.15, 0.2) is 0 Å². The number of hydrogen-bond acceptors (Lipinski definition) is 4. The minimum absolute atomic E-state index is 0.0148. The van der Waals surface area contributed by atoms with E-state index in [0.717, 1.165) is 11.3 Å². The molecule has 1 aromatic carbocycles. The summed E-state index contributed by atoms with van der Waals surface area (Å²) >= 11 is 0. The summed E-state index contributed by atoms with van der Waals surface area (Å²) in [5.74, 6) is -0.876. The molecular formula is C13H19NO4S. The van der Waals surface area contributed by atoms with Crippen LogP contribution in [0.2, 0.25) is 0 Å². The molecule has 0 saturated heterocycles. The molecule has 0 aliphatic heterocycles. The molecule has 0 unspecified atom stereocenters. The quantitative estimate of drug-likeness (QED) is 0.818. The monoisotopic (exact) mass is 285 g/mol. The molecule has 0 aromatic heterocycles. The standard InChI is InChI=1S/C13H19NO4S/c1-11-5-3-4-6-12(11)14(8-7-13(15)16)9-10-19(2,17)18/h3-6H,7-10H2,1-2H3,(H,15,16). The molecule has 0 amide bonds. The number of rotatable bonds is 7. The number of carboxylic acids is 1. The number of sulfone groups is 1. The molecule has 0 radical (unpaired) electrons. The topological polar surface area (TPSA) is 74.7 Å². The van der Waals surface area contributed by atoms with Gasteiger partial charge in [-0.3, -0.25) is 4.79 Å². The number of nitrogens with zero attached hydrogens (tertiary/aromatic N) is 1. The molecule has 0 aliphatic carbocycles. The van der Waals surface area contributed by atoms with Crippen molar-refractivity contribution in [1.29, 1.82) is 0 Å². The van der Waals surface area contributed by atoms with E-state index in [4.69, 9.17) is 5.11 Å². The third kappa shape index (κ3) is 5.74. The van der Waals surface area contributed by atoms with Crippen molar-refractivity contribution in [3.63, 3.8) is 0 Å². The highest BCUT2D eigenvalue weighted by molar-refractivity contribution is 7.90. The number of aryl methyl sites for hydroxylation is 1. The summed E-state index contributed by atoms with van der Waals surface area (Å²) in [5, 5.41) is 8.76. The number of benzene rings is 1. The van der Waals surface area contributed by atoms with Crippen LogP contribution in [-0.4, -0.2) is 44.6 Å². The number of para-hydroxylation sites is 1. The van der Waals surface area contributed by atoms with Crippen molar-refractivity contribution >= 4 is 21.5 Å². The molecule has 5 nitrogen and oxygen atoms in total. The summed E-state index contributed by atoms with van der Waals surface area (Å²) in [6, 6.07) is 7.55. The largest absolute Gasteiger partial charge is 0.481 e. The van der Waals surface area contributed by atoms with Gasteiger partial charge in [0.05, 0.1) is 12.2 Å². The molecule has 6 heteroatoms. The molecule has 1 N–H and O–H groups in total. The van der Waals surface area contributed by atoms with E-state index >= 15 is 0 Å². The van der Waals surface area contributed by atoms with Crippen molar-refractivity contribution in [2.24, 2.45) is 0 Å². The van der Waals surface area contributed by atoms with Crippen molar-refractivity contribution < 1.29 is 18.3 Å². The first-order chi connectivity index (χ1) is 8.79. The summed E-state index contributed by atoms with van der Waals surface area (Å²) in [5.41, 5.74) is 1.88. The SMILES string of the molecule is Cc1ccccc1N(CCC(=O)O)CCS(C)(=O)=O. The Labute approximate surface area is 113 Å². The van der Waals surface area contributed by atoms with Crippen LogP contribution in [0.5, 0.6) is 0 Å². The van der Waals surface area contributed by atoms with Gasteiger partial charge in [0.25, 0.3) is 0 Å². The highest BCUT2D eigenvalue weighted by atomic mass is 32.2. The van der Waals surface area contributed by atoms with E-state index in [-0.39, 0.29) is 12.2 Å². The number of hydrogen-bond donors (Lipinski definition) is 1. The molecule has 0 spiro atoms. The molecule has 19 heavy (non-hydrogen) atoms. The van der Waals surface area contributed by atoms with Gasteiger partial charge in [-0.05, 0) is 18.6 Å². The van der Waals surface area contributed by atoms with Gasteiger partial charge in [0, 0.05) is 25.0 Å². The van der Waals surface area contributed by atoms with Crippen molar-refractivity contribution in [2.75, 3.05) is 30.0 Å².